The Balaban J connectivity index is 1.69. The molecule has 1 saturated heterocycles. The highest BCUT2D eigenvalue weighted by atomic mass is 16.5. The third-order valence-electron chi connectivity index (χ3n) is 3.64. The summed E-state index contributed by atoms with van der Waals surface area (Å²) in [5, 5.41) is 6.01. The van der Waals surface area contributed by atoms with Crippen LogP contribution in [0.25, 0.3) is 0 Å². The number of nitrogens with one attached hydrogen (secondary N) is 2. The number of amides is 2. The second-order valence-corrected chi connectivity index (χ2v) is 5.53. The Hall–Kier alpha value is -2.08. The number of nitrogens with zero attached hydrogens (tertiary/aromatic N) is 1. The summed E-state index contributed by atoms with van der Waals surface area (Å²) >= 11 is 0. The molecule has 1 aliphatic rings. The Morgan fingerprint density at radius 2 is 2.00 bits per heavy atom. The molecule has 6 nitrogen and oxygen atoms in total. The van der Waals surface area contributed by atoms with Crippen LogP contribution in [0.15, 0.2) is 24.3 Å². The van der Waals surface area contributed by atoms with Crippen LogP contribution in [0.5, 0.6) is 5.75 Å². The molecule has 0 unspecified atom stereocenters. The first-order chi connectivity index (χ1) is 11.2. The number of rotatable bonds is 9. The lowest BCUT2D eigenvalue weighted by Gasteiger charge is -2.16. The van der Waals surface area contributed by atoms with E-state index in [4.69, 9.17) is 4.74 Å². The molecule has 1 aliphatic heterocycles. The summed E-state index contributed by atoms with van der Waals surface area (Å²) in [5.74, 6) is 0.650. The summed E-state index contributed by atoms with van der Waals surface area (Å²) in [4.78, 5) is 25.1. The van der Waals surface area contributed by atoms with Crippen LogP contribution in [0.2, 0.25) is 0 Å². The number of carbonyl (C=O) groups excluding carboxylic acids is 2. The van der Waals surface area contributed by atoms with Gasteiger partial charge < -0.3 is 20.3 Å². The Kier molecular flexibility index (Phi) is 6.87. The van der Waals surface area contributed by atoms with Crippen molar-refractivity contribution in [2.24, 2.45) is 0 Å². The zero-order valence-electron chi connectivity index (χ0n) is 13.6. The van der Waals surface area contributed by atoms with Gasteiger partial charge in [0.05, 0.1) is 0 Å². The molecule has 0 atom stereocenters. The zero-order chi connectivity index (χ0) is 16.5. The van der Waals surface area contributed by atoms with E-state index in [-0.39, 0.29) is 18.4 Å². The molecule has 126 valence electrons. The third kappa shape index (κ3) is 5.56. The van der Waals surface area contributed by atoms with Gasteiger partial charge >= 0.3 is 0 Å². The van der Waals surface area contributed by atoms with E-state index in [1.165, 1.54) is 0 Å². The molecule has 1 aromatic carbocycles. The van der Waals surface area contributed by atoms with Gasteiger partial charge in [-0.05, 0) is 43.7 Å². The lowest BCUT2D eigenvalue weighted by atomic mass is 10.3. The molecule has 6 heteroatoms. The molecule has 1 fully saturated rings. The number of carbonyl (C=O) groups is 2. The molecular formula is C17H25N3O3. The molecule has 2 N–H and O–H groups in total. The number of hydrogen-bond donors (Lipinski definition) is 2. The van der Waals surface area contributed by atoms with Gasteiger partial charge in [0.25, 0.3) is 5.91 Å². The minimum Gasteiger partial charge on any atom is -0.484 e. The smallest absolute Gasteiger partial charge is 0.257 e. The molecule has 0 saturated carbocycles. The SMILES string of the molecule is CCCNCCNC(=O)COc1ccc(N2CCCC2=O)cc1. The molecule has 0 aliphatic carbocycles. The van der Waals surface area contributed by atoms with E-state index in [1.54, 1.807) is 17.0 Å². The maximum atomic E-state index is 11.7. The molecule has 0 aromatic heterocycles. The highest BCUT2D eigenvalue weighted by Gasteiger charge is 2.21. The van der Waals surface area contributed by atoms with Crippen molar-refractivity contribution in [2.45, 2.75) is 26.2 Å². The fourth-order valence-electron chi connectivity index (χ4n) is 2.44. The highest BCUT2D eigenvalue weighted by Crippen LogP contribution is 2.23. The van der Waals surface area contributed by atoms with Crippen molar-refractivity contribution in [3.05, 3.63) is 24.3 Å². The Labute approximate surface area is 137 Å². The van der Waals surface area contributed by atoms with Crippen molar-refractivity contribution in [1.82, 2.24) is 10.6 Å². The van der Waals surface area contributed by atoms with E-state index >= 15 is 0 Å². The quantitative estimate of drug-likeness (QED) is 0.673. The summed E-state index contributed by atoms with van der Waals surface area (Å²) < 4.78 is 5.45. The third-order valence-corrected chi connectivity index (χ3v) is 3.64. The van der Waals surface area contributed by atoms with E-state index in [9.17, 15) is 9.59 Å². The van der Waals surface area contributed by atoms with Gasteiger partial charge in [0.15, 0.2) is 6.61 Å². The zero-order valence-corrected chi connectivity index (χ0v) is 13.6. The van der Waals surface area contributed by atoms with Crippen LogP contribution in [0.3, 0.4) is 0 Å². The molecule has 0 spiro atoms. The minimum absolute atomic E-state index is 0.00420. The highest BCUT2D eigenvalue weighted by molar-refractivity contribution is 5.95. The molecule has 2 amide bonds. The van der Waals surface area contributed by atoms with Gasteiger partial charge in [0, 0.05) is 31.7 Å². The summed E-state index contributed by atoms with van der Waals surface area (Å²) in [6.45, 7) is 5.18. The maximum Gasteiger partial charge on any atom is 0.257 e. The molecule has 1 aromatic rings. The maximum absolute atomic E-state index is 11.7. The summed E-state index contributed by atoms with van der Waals surface area (Å²) in [6.07, 6.45) is 2.60. The lowest BCUT2D eigenvalue weighted by Crippen LogP contribution is -2.35. The van der Waals surface area contributed by atoms with E-state index in [0.717, 1.165) is 38.2 Å². The van der Waals surface area contributed by atoms with Crippen LogP contribution in [0, 0.1) is 0 Å². The molecule has 2 rings (SSSR count). The monoisotopic (exact) mass is 319 g/mol. The molecule has 0 radical (unpaired) electrons. The Morgan fingerprint density at radius 3 is 2.65 bits per heavy atom. The number of benzene rings is 1. The lowest BCUT2D eigenvalue weighted by molar-refractivity contribution is -0.123. The molecular weight excluding hydrogens is 294 g/mol. The van der Waals surface area contributed by atoms with Gasteiger partial charge in [-0.3, -0.25) is 9.59 Å². The summed E-state index contributed by atoms with van der Waals surface area (Å²) in [5.41, 5.74) is 0.881. The second-order valence-electron chi connectivity index (χ2n) is 5.53. The summed E-state index contributed by atoms with van der Waals surface area (Å²) in [7, 11) is 0. The minimum atomic E-state index is -0.137. The van der Waals surface area contributed by atoms with Crippen molar-refractivity contribution < 1.29 is 14.3 Å². The van der Waals surface area contributed by atoms with E-state index in [0.29, 0.717) is 18.7 Å². The largest absolute Gasteiger partial charge is 0.484 e. The predicted molar refractivity (Wildman–Crippen MR) is 89.7 cm³/mol. The van der Waals surface area contributed by atoms with Crippen molar-refractivity contribution in [3.8, 4) is 5.75 Å². The first kappa shape index (κ1) is 17.3. The number of hydrogen-bond acceptors (Lipinski definition) is 4. The van der Waals surface area contributed by atoms with E-state index in [2.05, 4.69) is 17.6 Å². The molecule has 23 heavy (non-hydrogen) atoms. The predicted octanol–water partition coefficient (Wildman–Crippen LogP) is 1.31. The second kappa shape index (κ2) is 9.15. The van der Waals surface area contributed by atoms with Crippen LogP contribution in [-0.4, -0.2) is 44.6 Å². The molecule has 1 heterocycles. The Morgan fingerprint density at radius 1 is 1.22 bits per heavy atom. The van der Waals surface area contributed by atoms with Gasteiger partial charge in [-0.1, -0.05) is 6.92 Å². The normalized spacial score (nSPS) is 14.1. The summed E-state index contributed by atoms with van der Waals surface area (Å²) in [6, 6.07) is 7.28. The van der Waals surface area contributed by atoms with Gasteiger partial charge in [0.1, 0.15) is 5.75 Å². The van der Waals surface area contributed by atoms with Crippen LogP contribution in [0.1, 0.15) is 26.2 Å². The topological polar surface area (TPSA) is 70.7 Å². The van der Waals surface area contributed by atoms with Gasteiger partial charge in [0.2, 0.25) is 5.91 Å². The van der Waals surface area contributed by atoms with E-state index < -0.39 is 0 Å². The van der Waals surface area contributed by atoms with Crippen LogP contribution in [0.4, 0.5) is 5.69 Å². The standard InChI is InChI=1S/C17H25N3O3/c1-2-9-18-10-11-19-16(21)13-23-15-7-5-14(6-8-15)20-12-3-4-17(20)22/h5-8,18H,2-4,9-13H2,1H3,(H,19,21). The van der Waals surface area contributed by atoms with Crippen molar-refractivity contribution in [2.75, 3.05) is 37.7 Å². The van der Waals surface area contributed by atoms with Gasteiger partial charge in [-0.25, -0.2) is 0 Å². The number of anilines is 1. The van der Waals surface area contributed by atoms with Crippen molar-refractivity contribution in [1.29, 1.82) is 0 Å². The fourth-order valence-corrected chi connectivity index (χ4v) is 2.44. The van der Waals surface area contributed by atoms with Crippen LogP contribution in [-0.2, 0) is 9.59 Å². The van der Waals surface area contributed by atoms with Crippen molar-refractivity contribution >= 4 is 17.5 Å². The number of ether oxygens (including phenoxy) is 1. The molecule has 0 bridgehead atoms. The van der Waals surface area contributed by atoms with Gasteiger partial charge in [-0.2, -0.15) is 0 Å². The Bertz CT molecular complexity index is 516. The van der Waals surface area contributed by atoms with Crippen LogP contribution < -0.4 is 20.3 Å². The van der Waals surface area contributed by atoms with Crippen molar-refractivity contribution in [3.63, 3.8) is 0 Å². The van der Waals surface area contributed by atoms with Crippen LogP contribution >= 0.6 is 0 Å². The van der Waals surface area contributed by atoms with E-state index in [1.807, 2.05) is 12.1 Å². The fraction of sp³-hybridized carbons (Fsp3) is 0.529. The average Bonchev–Trinajstić information content (AvgIpc) is 2.99. The average molecular weight is 319 g/mol. The first-order valence-corrected chi connectivity index (χ1v) is 8.21. The first-order valence-electron chi connectivity index (χ1n) is 8.21. The van der Waals surface area contributed by atoms with Gasteiger partial charge in [-0.15, -0.1) is 0 Å².